The molecule has 0 N–H and O–H groups in total. The van der Waals surface area contributed by atoms with E-state index in [0.29, 0.717) is 12.2 Å². The van der Waals surface area contributed by atoms with Gasteiger partial charge in [-0.15, -0.1) is 0 Å². The van der Waals surface area contributed by atoms with Crippen LogP contribution in [0.25, 0.3) is 0 Å². The number of hydrogen-bond donors (Lipinski definition) is 0. The van der Waals surface area contributed by atoms with E-state index in [1.165, 1.54) is 5.56 Å². The maximum Gasteiger partial charge on any atom is 0.164 e. The number of rotatable bonds is 0. The lowest BCUT2D eigenvalue weighted by molar-refractivity contribution is 0.0989. The van der Waals surface area contributed by atoms with Gasteiger partial charge in [0, 0.05) is 23.5 Å². The van der Waals surface area contributed by atoms with Gasteiger partial charge in [0.15, 0.2) is 5.78 Å². The van der Waals surface area contributed by atoms with Gasteiger partial charge >= 0.3 is 0 Å². The summed E-state index contributed by atoms with van der Waals surface area (Å²) in [5.41, 5.74) is 2.13. The van der Waals surface area contributed by atoms with Gasteiger partial charge in [-0.25, -0.2) is 0 Å². The predicted molar refractivity (Wildman–Crippen MR) is 51.6 cm³/mol. The van der Waals surface area contributed by atoms with Crippen molar-refractivity contribution in [3.05, 3.63) is 35.4 Å². The Bertz CT molecular complexity index is 306. The third-order valence-corrected chi connectivity index (χ3v) is 3.06. The van der Waals surface area contributed by atoms with Crippen molar-refractivity contribution < 1.29 is 4.79 Å². The molecule has 0 unspecified atom stereocenters. The highest BCUT2D eigenvalue weighted by Gasteiger charge is 2.13. The van der Waals surface area contributed by atoms with Gasteiger partial charge in [-0.3, -0.25) is 4.79 Å². The Morgan fingerprint density at radius 2 is 2.08 bits per heavy atom. The van der Waals surface area contributed by atoms with Crippen molar-refractivity contribution >= 4 is 17.5 Å². The Labute approximate surface area is 76.2 Å². The lowest BCUT2D eigenvalue weighted by Crippen LogP contribution is -1.99. The molecule has 0 amide bonds. The van der Waals surface area contributed by atoms with Crippen LogP contribution >= 0.6 is 11.8 Å². The zero-order valence-electron chi connectivity index (χ0n) is 6.75. The van der Waals surface area contributed by atoms with E-state index in [9.17, 15) is 4.79 Å². The zero-order valence-corrected chi connectivity index (χ0v) is 7.56. The molecule has 2 rings (SSSR count). The van der Waals surface area contributed by atoms with Crippen LogP contribution in [0.4, 0.5) is 0 Å². The summed E-state index contributed by atoms with van der Waals surface area (Å²) in [7, 11) is 0. The number of fused-ring (bicyclic) bond motifs is 1. The first-order valence-corrected chi connectivity index (χ1v) is 5.22. The van der Waals surface area contributed by atoms with E-state index in [1.54, 1.807) is 0 Å². The summed E-state index contributed by atoms with van der Waals surface area (Å²) >= 11 is 1.84. The molecule has 1 nitrogen and oxygen atoms in total. The van der Waals surface area contributed by atoms with Gasteiger partial charge < -0.3 is 0 Å². The fraction of sp³-hybridized carbons (Fsp3) is 0.300. The van der Waals surface area contributed by atoms with Crippen molar-refractivity contribution in [3.63, 3.8) is 0 Å². The molecule has 0 aromatic heterocycles. The molecule has 0 fully saturated rings. The van der Waals surface area contributed by atoms with Crippen LogP contribution in [0.5, 0.6) is 0 Å². The Morgan fingerprint density at radius 1 is 1.25 bits per heavy atom. The van der Waals surface area contributed by atoms with Crippen LogP contribution in [0.3, 0.4) is 0 Å². The minimum atomic E-state index is 0.301. The van der Waals surface area contributed by atoms with Crippen molar-refractivity contribution in [1.82, 2.24) is 0 Å². The van der Waals surface area contributed by atoms with E-state index >= 15 is 0 Å². The van der Waals surface area contributed by atoms with Crippen molar-refractivity contribution in [2.75, 3.05) is 5.75 Å². The Kier molecular flexibility index (Phi) is 2.17. The zero-order chi connectivity index (χ0) is 8.39. The van der Waals surface area contributed by atoms with Crippen LogP contribution in [0.2, 0.25) is 0 Å². The van der Waals surface area contributed by atoms with Crippen LogP contribution < -0.4 is 0 Å². The van der Waals surface area contributed by atoms with Gasteiger partial charge in [0.25, 0.3) is 0 Å². The summed E-state index contributed by atoms with van der Waals surface area (Å²) in [5.74, 6) is 2.26. The summed E-state index contributed by atoms with van der Waals surface area (Å²) in [6, 6.07) is 7.92. The Balaban J connectivity index is 2.46. The normalized spacial score (nSPS) is 16.8. The molecule has 0 spiro atoms. The molecule has 0 aliphatic carbocycles. The average Bonchev–Trinajstić information content (AvgIpc) is 2.29. The number of carbonyl (C=O) groups excluding carboxylic acids is 1. The predicted octanol–water partition coefficient (Wildman–Crippen LogP) is 2.51. The molecule has 0 saturated heterocycles. The highest BCUT2D eigenvalue weighted by molar-refractivity contribution is 7.98. The largest absolute Gasteiger partial charge is 0.294 e. The highest BCUT2D eigenvalue weighted by Crippen LogP contribution is 2.22. The van der Waals surface area contributed by atoms with Gasteiger partial charge in [-0.1, -0.05) is 24.3 Å². The molecule has 1 aromatic carbocycles. The van der Waals surface area contributed by atoms with Crippen LogP contribution in [0.1, 0.15) is 22.3 Å². The summed E-state index contributed by atoms with van der Waals surface area (Å²) < 4.78 is 0. The van der Waals surface area contributed by atoms with Gasteiger partial charge in [0.1, 0.15) is 0 Å². The first-order chi connectivity index (χ1) is 5.88. The van der Waals surface area contributed by atoms with E-state index in [1.807, 2.05) is 36.0 Å². The molecule has 0 radical (unpaired) electrons. The molecule has 1 aromatic rings. The topological polar surface area (TPSA) is 17.1 Å². The molecule has 12 heavy (non-hydrogen) atoms. The molecule has 0 atom stereocenters. The monoisotopic (exact) mass is 178 g/mol. The molecule has 62 valence electrons. The molecular formula is C10H10OS. The van der Waals surface area contributed by atoms with E-state index in [4.69, 9.17) is 0 Å². The summed E-state index contributed by atoms with van der Waals surface area (Å²) in [5, 5.41) is 0. The first kappa shape index (κ1) is 7.87. The molecular weight excluding hydrogens is 168 g/mol. The fourth-order valence-electron chi connectivity index (χ4n) is 1.40. The fourth-order valence-corrected chi connectivity index (χ4v) is 2.35. The van der Waals surface area contributed by atoms with E-state index < -0.39 is 0 Å². The average molecular weight is 178 g/mol. The summed E-state index contributed by atoms with van der Waals surface area (Å²) in [6.45, 7) is 0. The molecule has 2 heteroatoms. The Hall–Kier alpha value is -0.760. The second-order valence-corrected chi connectivity index (χ2v) is 3.99. The van der Waals surface area contributed by atoms with Crippen LogP contribution in [0.15, 0.2) is 24.3 Å². The number of thioether (sulfide) groups is 1. The summed E-state index contributed by atoms with van der Waals surface area (Å²) in [4.78, 5) is 11.5. The number of benzene rings is 1. The SMILES string of the molecule is O=C1CCSCc2ccccc21. The number of Topliss-reactive ketones (excluding diaryl/α,β-unsaturated/α-hetero) is 1. The van der Waals surface area contributed by atoms with Crippen molar-refractivity contribution in [3.8, 4) is 0 Å². The number of hydrogen-bond acceptors (Lipinski definition) is 2. The molecule has 1 aliphatic heterocycles. The molecule has 1 aliphatic rings. The van der Waals surface area contributed by atoms with Crippen molar-refractivity contribution in [1.29, 1.82) is 0 Å². The highest BCUT2D eigenvalue weighted by atomic mass is 32.2. The number of carbonyl (C=O) groups is 1. The van der Waals surface area contributed by atoms with Crippen molar-refractivity contribution in [2.24, 2.45) is 0 Å². The first-order valence-electron chi connectivity index (χ1n) is 4.07. The second-order valence-electron chi connectivity index (χ2n) is 2.88. The summed E-state index contributed by atoms with van der Waals surface area (Å²) in [6.07, 6.45) is 0.696. The smallest absolute Gasteiger partial charge is 0.164 e. The molecule has 0 saturated carbocycles. The Morgan fingerprint density at radius 3 is 3.00 bits per heavy atom. The minimum absolute atomic E-state index is 0.301. The number of ketones is 1. The van der Waals surface area contributed by atoms with Gasteiger partial charge in [0.2, 0.25) is 0 Å². The third-order valence-electron chi connectivity index (χ3n) is 2.05. The lowest BCUT2D eigenvalue weighted by atomic mass is 10.0. The van der Waals surface area contributed by atoms with Gasteiger partial charge in [-0.05, 0) is 5.56 Å². The van der Waals surface area contributed by atoms with Gasteiger partial charge in [-0.2, -0.15) is 11.8 Å². The van der Waals surface area contributed by atoms with E-state index in [2.05, 4.69) is 0 Å². The lowest BCUT2D eigenvalue weighted by Gasteiger charge is -2.01. The van der Waals surface area contributed by atoms with Crippen LogP contribution in [-0.2, 0) is 5.75 Å². The van der Waals surface area contributed by atoms with Gasteiger partial charge in [0.05, 0.1) is 0 Å². The molecule has 0 bridgehead atoms. The maximum atomic E-state index is 11.5. The van der Waals surface area contributed by atoms with Crippen LogP contribution in [0, 0.1) is 0 Å². The minimum Gasteiger partial charge on any atom is -0.294 e. The quantitative estimate of drug-likeness (QED) is 0.607. The van der Waals surface area contributed by atoms with Crippen LogP contribution in [-0.4, -0.2) is 11.5 Å². The van der Waals surface area contributed by atoms with E-state index in [-0.39, 0.29) is 0 Å². The van der Waals surface area contributed by atoms with E-state index in [0.717, 1.165) is 17.1 Å². The third kappa shape index (κ3) is 1.39. The van der Waals surface area contributed by atoms with Crippen molar-refractivity contribution in [2.45, 2.75) is 12.2 Å². The second kappa shape index (κ2) is 3.31. The maximum absolute atomic E-state index is 11.5. The standard InChI is InChI=1S/C10H10OS/c11-10-5-6-12-7-8-3-1-2-4-9(8)10/h1-4H,5-7H2. The molecule has 1 heterocycles.